The number of para-hydroxylation sites is 1. The van der Waals surface area contributed by atoms with Crippen molar-refractivity contribution in [1.82, 2.24) is 9.99 Å². The van der Waals surface area contributed by atoms with Gasteiger partial charge in [0.1, 0.15) is 0 Å². The minimum atomic E-state index is -0.517. The number of aromatic nitrogens is 1. The first-order valence-corrected chi connectivity index (χ1v) is 10.3. The molecule has 1 amide bonds. The zero-order valence-electron chi connectivity index (χ0n) is 15.2. The van der Waals surface area contributed by atoms with E-state index >= 15 is 0 Å². The van der Waals surface area contributed by atoms with Crippen molar-refractivity contribution in [3.8, 4) is 0 Å². The second kappa shape index (κ2) is 7.32. The number of thioether (sulfide) groups is 1. The van der Waals surface area contributed by atoms with Crippen LogP contribution < -0.4 is 0 Å². The Morgan fingerprint density at radius 2 is 1.96 bits per heavy atom. The Balaban J connectivity index is 1.54. The average molecular weight is 398 g/mol. The van der Waals surface area contributed by atoms with E-state index in [9.17, 15) is 4.79 Å². The number of hydrogen-bond acceptors (Lipinski definition) is 6. The summed E-state index contributed by atoms with van der Waals surface area (Å²) < 4.78 is 8.20. The summed E-state index contributed by atoms with van der Waals surface area (Å²) in [4.78, 5) is 16.7. The lowest BCUT2D eigenvalue weighted by Crippen LogP contribution is -2.25. The molecular weight excluding hydrogens is 378 g/mol. The van der Waals surface area contributed by atoms with Gasteiger partial charge in [-0.05, 0) is 26.0 Å². The lowest BCUT2D eigenvalue weighted by molar-refractivity contribution is -0.135. The molecule has 0 fully saturated rings. The van der Waals surface area contributed by atoms with Crippen molar-refractivity contribution in [3.05, 3.63) is 59.7 Å². The third kappa shape index (κ3) is 3.70. The van der Waals surface area contributed by atoms with Crippen LogP contribution in [0.5, 0.6) is 0 Å². The van der Waals surface area contributed by atoms with E-state index in [1.807, 2.05) is 56.3 Å². The molecule has 27 heavy (non-hydrogen) atoms. The van der Waals surface area contributed by atoms with Gasteiger partial charge in [0.05, 0.1) is 15.5 Å². The number of carbonyl (C=O) groups excluding carboxylic acids is 1. The summed E-state index contributed by atoms with van der Waals surface area (Å²) in [5.74, 6) is 0.396. The molecule has 2 aromatic carbocycles. The number of thiazole rings is 1. The predicted octanol–water partition coefficient (Wildman–Crippen LogP) is 4.98. The molecule has 0 saturated carbocycles. The number of carbonyl (C=O) groups is 1. The maximum Gasteiger partial charge on any atom is 0.243 e. The Hall–Kier alpha value is -2.38. The maximum atomic E-state index is 12.1. The van der Waals surface area contributed by atoms with Gasteiger partial charge in [-0.1, -0.05) is 53.7 Å². The smallest absolute Gasteiger partial charge is 0.243 e. The molecule has 0 bridgehead atoms. The molecule has 2 atom stereocenters. The van der Waals surface area contributed by atoms with Crippen LogP contribution in [0, 0.1) is 6.92 Å². The molecule has 2 heterocycles. The molecule has 0 radical (unpaired) electrons. The molecule has 0 aliphatic carbocycles. The highest BCUT2D eigenvalue weighted by atomic mass is 32.2. The number of fused-ring (bicyclic) bond motifs is 1. The number of benzene rings is 2. The van der Waals surface area contributed by atoms with Gasteiger partial charge >= 0.3 is 0 Å². The summed E-state index contributed by atoms with van der Waals surface area (Å²) in [6.45, 7) is 5.55. The van der Waals surface area contributed by atoms with E-state index in [2.05, 4.69) is 16.2 Å². The van der Waals surface area contributed by atoms with Gasteiger partial charge in [0.15, 0.2) is 4.34 Å². The van der Waals surface area contributed by atoms with Gasteiger partial charge in [-0.3, -0.25) is 4.79 Å². The molecule has 1 aliphatic heterocycles. The summed E-state index contributed by atoms with van der Waals surface area (Å²) in [5, 5.41) is 5.81. The normalized spacial score (nSPS) is 17.7. The molecule has 4 rings (SSSR count). The summed E-state index contributed by atoms with van der Waals surface area (Å²) in [6.07, 6.45) is -0.517. The fourth-order valence-corrected chi connectivity index (χ4v) is 5.05. The van der Waals surface area contributed by atoms with Crippen LogP contribution in [0.3, 0.4) is 0 Å². The molecule has 0 unspecified atom stereocenters. The zero-order valence-corrected chi connectivity index (χ0v) is 16.9. The molecule has 5 nitrogen and oxygen atoms in total. The molecular formula is C20H19N3O2S2. The summed E-state index contributed by atoms with van der Waals surface area (Å²) >= 11 is 3.24. The Labute approximate surface area is 166 Å². The first-order chi connectivity index (χ1) is 13.0. The minimum Gasteiger partial charge on any atom is -0.448 e. The molecule has 1 aromatic heterocycles. The molecule has 138 valence electrons. The van der Waals surface area contributed by atoms with Crippen LogP contribution in [-0.4, -0.2) is 27.0 Å². The first-order valence-electron chi connectivity index (χ1n) is 8.65. The number of rotatable bonds is 4. The van der Waals surface area contributed by atoms with Gasteiger partial charge in [0.2, 0.25) is 18.0 Å². The lowest BCUT2D eigenvalue weighted by Gasteiger charge is -2.19. The number of hydrogen-bond donors (Lipinski definition) is 0. The van der Waals surface area contributed by atoms with Crippen LogP contribution in [0.4, 0.5) is 0 Å². The highest BCUT2D eigenvalue weighted by molar-refractivity contribution is 8.02. The fourth-order valence-electron chi connectivity index (χ4n) is 2.80. The molecule has 0 spiro atoms. The van der Waals surface area contributed by atoms with Gasteiger partial charge in [-0.25, -0.2) is 4.98 Å². The van der Waals surface area contributed by atoms with Crippen LogP contribution in [0.15, 0.2) is 58.0 Å². The highest BCUT2D eigenvalue weighted by Crippen LogP contribution is 2.36. The molecule has 0 saturated heterocycles. The number of ether oxygens (including phenoxy) is 1. The van der Waals surface area contributed by atoms with Crippen LogP contribution in [-0.2, 0) is 9.53 Å². The lowest BCUT2D eigenvalue weighted by atomic mass is 10.1. The van der Waals surface area contributed by atoms with E-state index in [0.717, 1.165) is 25.7 Å². The van der Waals surface area contributed by atoms with E-state index in [0.29, 0.717) is 5.90 Å². The largest absolute Gasteiger partial charge is 0.448 e. The minimum absolute atomic E-state index is 0.0529. The molecule has 0 N–H and O–H groups in total. The molecule has 3 aromatic rings. The summed E-state index contributed by atoms with van der Waals surface area (Å²) in [7, 11) is 0. The SMILES string of the molecule is CC(=O)N1N=C([C@@H](C)Sc2nc3ccccc3s2)O[C@@H]1c1ccc(C)cc1. The Kier molecular flexibility index (Phi) is 4.88. The topological polar surface area (TPSA) is 54.8 Å². The summed E-state index contributed by atoms with van der Waals surface area (Å²) in [6, 6.07) is 16.0. The van der Waals surface area contributed by atoms with Crippen LogP contribution >= 0.6 is 23.1 Å². The second-order valence-corrected chi connectivity index (χ2v) is 9.01. The van der Waals surface area contributed by atoms with Crippen LogP contribution in [0.1, 0.15) is 31.2 Å². The molecule has 7 heteroatoms. The standard InChI is InChI=1S/C20H19N3O2S2/c1-12-8-10-15(11-9-12)19-23(14(3)24)22-18(25-19)13(2)26-20-21-16-6-4-5-7-17(16)27-20/h4-11,13,19H,1-3H3/t13-,19-/m1/s1. The Morgan fingerprint density at radius 3 is 2.67 bits per heavy atom. The first kappa shape index (κ1) is 18.0. The third-order valence-electron chi connectivity index (χ3n) is 4.25. The highest BCUT2D eigenvalue weighted by Gasteiger charge is 2.35. The van der Waals surface area contributed by atoms with Gasteiger partial charge in [0.25, 0.3) is 0 Å². The van der Waals surface area contributed by atoms with E-state index in [1.165, 1.54) is 11.9 Å². The van der Waals surface area contributed by atoms with E-state index in [1.54, 1.807) is 23.1 Å². The maximum absolute atomic E-state index is 12.1. The zero-order chi connectivity index (χ0) is 19.0. The van der Waals surface area contributed by atoms with Crippen molar-refractivity contribution in [1.29, 1.82) is 0 Å². The monoisotopic (exact) mass is 397 g/mol. The number of aryl methyl sites for hydroxylation is 1. The van der Waals surface area contributed by atoms with Gasteiger partial charge in [0, 0.05) is 12.5 Å². The third-order valence-corrected chi connectivity index (χ3v) is 6.46. The molecule has 1 aliphatic rings. The Bertz CT molecular complexity index is 980. The van der Waals surface area contributed by atoms with Crippen LogP contribution in [0.25, 0.3) is 10.2 Å². The number of amides is 1. The van der Waals surface area contributed by atoms with Crippen molar-refractivity contribution >= 4 is 45.1 Å². The van der Waals surface area contributed by atoms with Gasteiger partial charge < -0.3 is 4.74 Å². The van der Waals surface area contributed by atoms with Crippen molar-refractivity contribution in [2.45, 2.75) is 36.6 Å². The average Bonchev–Trinajstić information content (AvgIpc) is 3.26. The number of nitrogens with zero attached hydrogens (tertiary/aromatic N) is 3. The van der Waals surface area contributed by atoms with E-state index in [-0.39, 0.29) is 11.2 Å². The van der Waals surface area contributed by atoms with Crippen molar-refractivity contribution in [3.63, 3.8) is 0 Å². The van der Waals surface area contributed by atoms with E-state index < -0.39 is 6.23 Å². The van der Waals surface area contributed by atoms with E-state index in [4.69, 9.17) is 4.74 Å². The van der Waals surface area contributed by atoms with Crippen molar-refractivity contribution in [2.24, 2.45) is 5.10 Å². The second-order valence-electron chi connectivity index (χ2n) is 6.39. The van der Waals surface area contributed by atoms with Crippen molar-refractivity contribution < 1.29 is 9.53 Å². The van der Waals surface area contributed by atoms with Gasteiger partial charge in [-0.2, -0.15) is 5.01 Å². The van der Waals surface area contributed by atoms with Crippen molar-refractivity contribution in [2.75, 3.05) is 0 Å². The Morgan fingerprint density at radius 1 is 1.22 bits per heavy atom. The van der Waals surface area contributed by atoms with Gasteiger partial charge in [-0.15, -0.1) is 16.4 Å². The quantitative estimate of drug-likeness (QED) is 0.583. The summed E-state index contributed by atoms with van der Waals surface area (Å²) in [5.41, 5.74) is 3.06. The fraction of sp³-hybridized carbons (Fsp3) is 0.250. The predicted molar refractivity (Wildman–Crippen MR) is 110 cm³/mol. The number of hydrazone groups is 1. The van der Waals surface area contributed by atoms with Crippen LogP contribution in [0.2, 0.25) is 0 Å².